The monoisotopic (exact) mass is 183 g/mol. The highest BCUT2D eigenvalue weighted by Crippen LogP contribution is 2.31. The first-order valence-electron chi connectivity index (χ1n) is 4.58. The molecule has 2 aliphatic rings. The number of hydrogen-bond donors (Lipinski definition) is 0. The molecule has 4 heteroatoms. The van der Waals surface area contributed by atoms with Crippen LogP contribution in [0.5, 0.6) is 0 Å². The van der Waals surface area contributed by atoms with Gasteiger partial charge in [-0.05, 0) is 19.4 Å². The fourth-order valence-electron chi connectivity index (χ4n) is 2.35. The van der Waals surface area contributed by atoms with E-state index < -0.39 is 5.92 Å². The standard InChI is InChI=1S/C9H13NO3/c1-13-9(12)8-6-3-2-4-10(6)5-7(8)11/h6,8H,2-5H2,1H3. The van der Waals surface area contributed by atoms with Gasteiger partial charge in [0.25, 0.3) is 0 Å². The number of esters is 1. The molecule has 0 saturated carbocycles. The molecule has 0 amide bonds. The summed E-state index contributed by atoms with van der Waals surface area (Å²) >= 11 is 0. The van der Waals surface area contributed by atoms with Crippen molar-refractivity contribution in [1.29, 1.82) is 0 Å². The predicted molar refractivity (Wildman–Crippen MR) is 45.1 cm³/mol. The molecule has 0 aromatic rings. The summed E-state index contributed by atoms with van der Waals surface area (Å²) in [6.45, 7) is 1.38. The molecule has 0 bridgehead atoms. The van der Waals surface area contributed by atoms with Crippen LogP contribution in [0.1, 0.15) is 12.8 Å². The quantitative estimate of drug-likeness (QED) is 0.418. The van der Waals surface area contributed by atoms with E-state index in [-0.39, 0.29) is 17.8 Å². The van der Waals surface area contributed by atoms with Crippen molar-refractivity contribution in [2.75, 3.05) is 20.2 Å². The zero-order valence-corrected chi connectivity index (χ0v) is 7.66. The molecule has 2 rings (SSSR count). The highest BCUT2D eigenvalue weighted by atomic mass is 16.5. The zero-order valence-electron chi connectivity index (χ0n) is 7.66. The molecule has 13 heavy (non-hydrogen) atoms. The molecule has 2 saturated heterocycles. The van der Waals surface area contributed by atoms with Gasteiger partial charge in [0.2, 0.25) is 0 Å². The van der Waals surface area contributed by atoms with Gasteiger partial charge >= 0.3 is 5.97 Å². The summed E-state index contributed by atoms with van der Waals surface area (Å²) < 4.78 is 4.63. The van der Waals surface area contributed by atoms with Crippen LogP contribution in [-0.4, -0.2) is 42.9 Å². The molecule has 2 heterocycles. The van der Waals surface area contributed by atoms with Crippen molar-refractivity contribution in [3.05, 3.63) is 0 Å². The highest BCUT2D eigenvalue weighted by molar-refractivity contribution is 6.02. The Bertz CT molecular complexity index is 243. The largest absolute Gasteiger partial charge is 0.468 e. The van der Waals surface area contributed by atoms with Gasteiger partial charge in [-0.15, -0.1) is 0 Å². The molecule has 72 valence electrons. The van der Waals surface area contributed by atoms with E-state index in [0.29, 0.717) is 6.54 Å². The Labute approximate surface area is 76.8 Å². The Balaban J connectivity index is 2.16. The van der Waals surface area contributed by atoms with Crippen LogP contribution < -0.4 is 0 Å². The number of rotatable bonds is 1. The van der Waals surface area contributed by atoms with E-state index in [9.17, 15) is 9.59 Å². The maximum Gasteiger partial charge on any atom is 0.317 e. The first kappa shape index (κ1) is 8.69. The first-order chi connectivity index (χ1) is 6.24. The van der Waals surface area contributed by atoms with Gasteiger partial charge in [0.1, 0.15) is 5.92 Å². The number of ether oxygens (including phenoxy) is 1. The number of carbonyl (C=O) groups excluding carboxylic acids is 2. The molecule has 0 radical (unpaired) electrons. The van der Waals surface area contributed by atoms with Crippen LogP contribution in [0.3, 0.4) is 0 Å². The van der Waals surface area contributed by atoms with Crippen LogP contribution in [0.2, 0.25) is 0 Å². The van der Waals surface area contributed by atoms with Gasteiger partial charge < -0.3 is 4.74 Å². The van der Waals surface area contributed by atoms with Crippen LogP contribution in [0, 0.1) is 5.92 Å². The van der Waals surface area contributed by atoms with Gasteiger partial charge in [-0.25, -0.2) is 0 Å². The topological polar surface area (TPSA) is 46.6 Å². The summed E-state index contributed by atoms with van der Waals surface area (Å²) in [5.74, 6) is -0.844. The lowest BCUT2D eigenvalue weighted by Crippen LogP contribution is -2.32. The number of Topliss-reactive ketones (excluding diaryl/α,β-unsaturated/α-hetero) is 1. The maximum absolute atomic E-state index is 11.4. The Hall–Kier alpha value is -0.900. The van der Waals surface area contributed by atoms with Gasteiger partial charge in [0, 0.05) is 6.04 Å². The van der Waals surface area contributed by atoms with Crippen LogP contribution in [0.15, 0.2) is 0 Å². The Kier molecular flexibility index (Phi) is 2.07. The Morgan fingerprint density at radius 2 is 2.38 bits per heavy atom. The van der Waals surface area contributed by atoms with Crippen molar-refractivity contribution in [1.82, 2.24) is 4.90 Å². The van der Waals surface area contributed by atoms with E-state index in [0.717, 1.165) is 19.4 Å². The summed E-state index contributed by atoms with van der Waals surface area (Å²) in [4.78, 5) is 24.8. The number of carbonyl (C=O) groups is 2. The van der Waals surface area contributed by atoms with E-state index in [2.05, 4.69) is 9.64 Å². The minimum Gasteiger partial charge on any atom is -0.468 e. The van der Waals surface area contributed by atoms with Crippen molar-refractivity contribution >= 4 is 11.8 Å². The lowest BCUT2D eigenvalue weighted by atomic mass is 9.98. The Morgan fingerprint density at radius 1 is 1.62 bits per heavy atom. The van der Waals surface area contributed by atoms with Gasteiger partial charge in [0.15, 0.2) is 5.78 Å². The van der Waals surface area contributed by atoms with Crippen LogP contribution >= 0.6 is 0 Å². The predicted octanol–water partition coefficient (Wildman–Crippen LogP) is -0.177. The number of methoxy groups -OCH3 is 1. The first-order valence-corrected chi connectivity index (χ1v) is 4.58. The van der Waals surface area contributed by atoms with Gasteiger partial charge in [0.05, 0.1) is 13.7 Å². The summed E-state index contributed by atoms with van der Waals surface area (Å²) in [6, 6.07) is 0.125. The molecule has 2 atom stereocenters. The smallest absolute Gasteiger partial charge is 0.317 e. The lowest BCUT2D eigenvalue weighted by molar-refractivity contribution is -0.148. The van der Waals surface area contributed by atoms with Crippen molar-refractivity contribution in [2.45, 2.75) is 18.9 Å². The summed E-state index contributed by atoms with van der Waals surface area (Å²) in [5, 5.41) is 0. The number of hydrogen-bond acceptors (Lipinski definition) is 4. The molecule has 0 aromatic heterocycles. The molecule has 0 aromatic carbocycles. The van der Waals surface area contributed by atoms with Crippen molar-refractivity contribution < 1.29 is 14.3 Å². The second-order valence-corrected chi connectivity index (χ2v) is 3.65. The zero-order chi connectivity index (χ0) is 9.42. The normalized spacial score (nSPS) is 33.5. The molecular weight excluding hydrogens is 170 g/mol. The van der Waals surface area contributed by atoms with Crippen LogP contribution in [-0.2, 0) is 14.3 Å². The highest BCUT2D eigenvalue weighted by Gasteiger charge is 2.47. The van der Waals surface area contributed by atoms with Gasteiger partial charge in [-0.1, -0.05) is 0 Å². The lowest BCUT2D eigenvalue weighted by Gasteiger charge is -2.16. The van der Waals surface area contributed by atoms with E-state index in [1.54, 1.807) is 0 Å². The fraction of sp³-hybridized carbons (Fsp3) is 0.778. The van der Waals surface area contributed by atoms with E-state index in [1.165, 1.54) is 7.11 Å². The summed E-state index contributed by atoms with van der Waals surface area (Å²) in [6.07, 6.45) is 2.04. The second-order valence-electron chi connectivity index (χ2n) is 3.65. The minimum atomic E-state index is -0.507. The van der Waals surface area contributed by atoms with Gasteiger partial charge in [-0.2, -0.15) is 0 Å². The van der Waals surface area contributed by atoms with Crippen molar-refractivity contribution in [3.8, 4) is 0 Å². The molecule has 0 spiro atoms. The van der Waals surface area contributed by atoms with E-state index in [1.807, 2.05) is 0 Å². The molecule has 2 unspecified atom stereocenters. The third-order valence-electron chi connectivity index (χ3n) is 2.96. The second kappa shape index (κ2) is 3.10. The third-order valence-corrected chi connectivity index (χ3v) is 2.96. The molecule has 0 N–H and O–H groups in total. The minimum absolute atomic E-state index is 0.0246. The SMILES string of the molecule is COC(=O)C1C(=O)CN2CCCC12. The fourth-order valence-corrected chi connectivity index (χ4v) is 2.35. The van der Waals surface area contributed by atoms with E-state index in [4.69, 9.17) is 0 Å². The summed E-state index contributed by atoms with van der Waals surface area (Å²) in [7, 11) is 1.34. The summed E-state index contributed by atoms with van der Waals surface area (Å²) in [5.41, 5.74) is 0. The van der Waals surface area contributed by atoms with Gasteiger partial charge in [-0.3, -0.25) is 14.5 Å². The maximum atomic E-state index is 11.4. The average molecular weight is 183 g/mol. The number of fused-ring (bicyclic) bond motifs is 1. The Morgan fingerprint density at radius 3 is 3.08 bits per heavy atom. The van der Waals surface area contributed by atoms with E-state index >= 15 is 0 Å². The van der Waals surface area contributed by atoms with Crippen molar-refractivity contribution in [2.24, 2.45) is 5.92 Å². The van der Waals surface area contributed by atoms with Crippen molar-refractivity contribution in [3.63, 3.8) is 0 Å². The molecular formula is C9H13NO3. The molecule has 4 nitrogen and oxygen atoms in total. The van der Waals surface area contributed by atoms with Crippen LogP contribution in [0.4, 0.5) is 0 Å². The number of nitrogens with zero attached hydrogens (tertiary/aromatic N) is 1. The number of ketones is 1. The van der Waals surface area contributed by atoms with Crippen LogP contribution in [0.25, 0.3) is 0 Å². The third kappa shape index (κ3) is 1.25. The molecule has 0 aliphatic carbocycles. The molecule has 2 aliphatic heterocycles. The molecule has 2 fully saturated rings. The average Bonchev–Trinajstić information content (AvgIpc) is 2.62.